The molecule has 31 heavy (non-hydrogen) atoms. The third-order valence-corrected chi connectivity index (χ3v) is 6.25. The highest BCUT2D eigenvalue weighted by Crippen LogP contribution is 2.30. The van der Waals surface area contributed by atoms with Crippen LogP contribution in [0.15, 0.2) is 30.3 Å². The highest BCUT2D eigenvalue weighted by atomic mass is 32.1. The Hall–Kier alpha value is -2.91. The lowest BCUT2D eigenvalue weighted by Crippen LogP contribution is -2.20. The molecule has 0 spiro atoms. The summed E-state index contributed by atoms with van der Waals surface area (Å²) in [6.07, 6.45) is 0.825. The van der Waals surface area contributed by atoms with Crippen molar-refractivity contribution in [2.75, 3.05) is 24.9 Å². The van der Waals surface area contributed by atoms with Gasteiger partial charge in [-0.15, -0.1) is 11.3 Å². The number of hydrogen-bond donors (Lipinski definition) is 2. The van der Waals surface area contributed by atoms with Gasteiger partial charge >= 0.3 is 5.97 Å². The molecule has 0 aliphatic heterocycles. The lowest BCUT2D eigenvalue weighted by Gasteiger charge is -2.11. The van der Waals surface area contributed by atoms with Gasteiger partial charge in [-0.2, -0.15) is 5.10 Å². The zero-order chi connectivity index (χ0) is 22.5. The van der Waals surface area contributed by atoms with E-state index in [0.29, 0.717) is 22.2 Å². The number of carbonyl (C=O) groups is 1. The van der Waals surface area contributed by atoms with E-state index in [9.17, 15) is 4.79 Å². The van der Waals surface area contributed by atoms with Gasteiger partial charge in [0.15, 0.2) is 5.11 Å². The second-order valence-electron chi connectivity index (χ2n) is 6.93. The number of aromatic nitrogens is 2. The van der Waals surface area contributed by atoms with E-state index < -0.39 is 0 Å². The van der Waals surface area contributed by atoms with Gasteiger partial charge < -0.3 is 20.1 Å². The summed E-state index contributed by atoms with van der Waals surface area (Å²) in [6.45, 7) is 6.57. The number of benzene rings is 1. The predicted molar refractivity (Wildman–Crippen MR) is 129 cm³/mol. The van der Waals surface area contributed by atoms with E-state index in [1.165, 1.54) is 18.4 Å². The first-order valence-electron chi connectivity index (χ1n) is 9.82. The molecule has 0 saturated carbocycles. The maximum atomic E-state index is 12.1. The zero-order valence-electron chi connectivity index (χ0n) is 18.2. The zero-order valence-corrected chi connectivity index (χ0v) is 19.9. The van der Waals surface area contributed by atoms with E-state index in [0.717, 1.165) is 39.7 Å². The quantitative estimate of drug-likeness (QED) is 0.390. The molecule has 0 radical (unpaired) electrons. The number of ether oxygens (including phenoxy) is 2. The summed E-state index contributed by atoms with van der Waals surface area (Å²) in [5.41, 5.74) is 4.20. The summed E-state index contributed by atoms with van der Waals surface area (Å²) in [4.78, 5) is 13.2. The summed E-state index contributed by atoms with van der Waals surface area (Å²) >= 11 is 7.00. The molecular formula is C22H26N4O3S2. The number of rotatable bonds is 7. The highest BCUT2D eigenvalue weighted by Gasteiger charge is 2.19. The molecular weight excluding hydrogens is 432 g/mol. The van der Waals surface area contributed by atoms with Gasteiger partial charge in [-0.25, -0.2) is 4.79 Å². The van der Waals surface area contributed by atoms with E-state index >= 15 is 0 Å². The summed E-state index contributed by atoms with van der Waals surface area (Å²) in [5, 5.41) is 12.1. The molecule has 0 aliphatic carbocycles. The molecule has 3 rings (SSSR count). The topological polar surface area (TPSA) is 77.4 Å². The Kier molecular flexibility index (Phi) is 7.29. The fourth-order valence-electron chi connectivity index (χ4n) is 3.19. The molecule has 2 aromatic heterocycles. The molecule has 7 nitrogen and oxygen atoms in total. The maximum Gasteiger partial charge on any atom is 0.340 e. The fourth-order valence-corrected chi connectivity index (χ4v) is 4.45. The Bertz CT molecular complexity index is 1100. The summed E-state index contributed by atoms with van der Waals surface area (Å²) in [6, 6.07) is 9.74. The standard InChI is InChI=1S/C22H26N4O3S2/c1-6-17-11-18(21(27)29-5)20(31-17)24-22(30)23-19-13(2)25-26(14(19)3)12-15-8-7-9-16(10-15)28-4/h7-11H,6,12H2,1-5H3,(H2,23,24,30). The maximum absolute atomic E-state index is 12.1. The number of nitrogens with one attached hydrogen (secondary N) is 2. The van der Waals surface area contributed by atoms with Crippen LogP contribution in [0.1, 0.15) is 39.1 Å². The minimum Gasteiger partial charge on any atom is -0.497 e. The first-order chi connectivity index (χ1) is 14.9. The van der Waals surface area contributed by atoms with Crippen molar-refractivity contribution in [3.63, 3.8) is 0 Å². The molecule has 164 valence electrons. The van der Waals surface area contributed by atoms with Gasteiger partial charge in [-0.3, -0.25) is 4.68 Å². The monoisotopic (exact) mass is 458 g/mol. The third-order valence-electron chi connectivity index (χ3n) is 4.85. The van der Waals surface area contributed by atoms with Crippen molar-refractivity contribution < 1.29 is 14.3 Å². The van der Waals surface area contributed by atoms with Gasteiger partial charge in [0.05, 0.1) is 43.4 Å². The number of esters is 1. The van der Waals surface area contributed by atoms with E-state index in [4.69, 9.17) is 21.7 Å². The second kappa shape index (κ2) is 9.93. The number of anilines is 2. The molecule has 0 fully saturated rings. The van der Waals surface area contributed by atoms with Gasteiger partial charge in [-0.05, 0) is 56.2 Å². The second-order valence-corrected chi connectivity index (χ2v) is 8.48. The fraction of sp³-hybridized carbons (Fsp3) is 0.318. The van der Waals surface area contributed by atoms with Crippen LogP contribution in [0.2, 0.25) is 0 Å². The average Bonchev–Trinajstić information content (AvgIpc) is 3.29. The predicted octanol–water partition coefficient (Wildman–Crippen LogP) is 4.78. The van der Waals surface area contributed by atoms with Crippen molar-refractivity contribution in [1.29, 1.82) is 0 Å². The Morgan fingerprint density at radius 3 is 2.68 bits per heavy atom. The van der Waals surface area contributed by atoms with E-state index in [1.807, 2.05) is 55.8 Å². The van der Waals surface area contributed by atoms with Crippen molar-refractivity contribution in [1.82, 2.24) is 9.78 Å². The lowest BCUT2D eigenvalue weighted by molar-refractivity contribution is 0.0602. The third kappa shape index (κ3) is 5.23. The SMILES string of the molecule is CCc1cc(C(=O)OC)c(NC(=S)Nc2c(C)nn(Cc3cccc(OC)c3)c2C)s1. The molecule has 0 atom stereocenters. The van der Waals surface area contributed by atoms with Crippen molar-refractivity contribution in [2.24, 2.45) is 0 Å². The number of methoxy groups -OCH3 is 2. The normalized spacial score (nSPS) is 10.6. The van der Waals surface area contributed by atoms with Crippen LogP contribution in [0.3, 0.4) is 0 Å². The molecule has 3 aromatic rings. The number of thiophene rings is 1. The molecule has 9 heteroatoms. The van der Waals surface area contributed by atoms with Gasteiger partial charge in [-0.1, -0.05) is 19.1 Å². The van der Waals surface area contributed by atoms with Gasteiger partial charge in [0.2, 0.25) is 0 Å². The Morgan fingerprint density at radius 1 is 1.23 bits per heavy atom. The van der Waals surface area contributed by atoms with Crippen LogP contribution >= 0.6 is 23.6 Å². The largest absolute Gasteiger partial charge is 0.497 e. The van der Waals surface area contributed by atoms with E-state index in [2.05, 4.69) is 15.7 Å². The van der Waals surface area contributed by atoms with Crippen LogP contribution in [-0.2, 0) is 17.7 Å². The molecule has 0 bridgehead atoms. The lowest BCUT2D eigenvalue weighted by atomic mass is 10.2. The summed E-state index contributed by atoms with van der Waals surface area (Å²) < 4.78 is 12.1. The van der Waals surface area contributed by atoms with Gasteiger partial charge in [0.25, 0.3) is 0 Å². The minimum absolute atomic E-state index is 0.389. The molecule has 0 amide bonds. The molecule has 2 N–H and O–H groups in total. The van der Waals surface area contributed by atoms with Crippen LogP contribution in [-0.4, -0.2) is 35.1 Å². The van der Waals surface area contributed by atoms with Crippen LogP contribution in [0.5, 0.6) is 5.75 Å². The first-order valence-corrected chi connectivity index (χ1v) is 11.0. The smallest absolute Gasteiger partial charge is 0.340 e. The Morgan fingerprint density at radius 2 is 2.00 bits per heavy atom. The minimum atomic E-state index is -0.389. The highest BCUT2D eigenvalue weighted by molar-refractivity contribution is 7.80. The van der Waals surface area contributed by atoms with E-state index in [-0.39, 0.29) is 5.97 Å². The first kappa shape index (κ1) is 22.8. The number of aryl methyl sites for hydroxylation is 2. The van der Waals surface area contributed by atoms with Crippen LogP contribution < -0.4 is 15.4 Å². The van der Waals surface area contributed by atoms with Crippen molar-refractivity contribution in [2.45, 2.75) is 33.7 Å². The molecule has 2 heterocycles. The summed E-state index contributed by atoms with van der Waals surface area (Å²) in [7, 11) is 3.02. The van der Waals surface area contributed by atoms with Crippen LogP contribution in [0.25, 0.3) is 0 Å². The molecule has 0 saturated heterocycles. The molecule has 0 aliphatic rings. The van der Waals surface area contributed by atoms with Crippen molar-refractivity contribution in [3.8, 4) is 5.75 Å². The number of hydrogen-bond acceptors (Lipinski definition) is 6. The number of thiocarbonyl (C=S) groups is 1. The number of carbonyl (C=O) groups excluding carboxylic acids is 1. The van der Waals surface area contributed by atoms with E-state index in [1.54, 1.807) is 7.11 Å². The Labute approximate surface area is 191 Å². The van der Waals surface area contributed by atoms with Crippen molar-refractivity contribution in [3.05, 3.63) is 57.7 Å². The van der Waals surface area contributed by atoms with Crippen LogP contribution in [0, 0.1) is 13.8 Å². The Balaban J connectivity index is 1.77. The summed E-state index contributed by atoms with van der Waals surface area (Å²) in [5.74, 6) is 0.422. The van der Waals surface area contributed by atoms with Gasteiger partial charge in [0.1, 0.15) is 10.8 Å². The molecule has 0 unspecified atom stereocenters. The van der Waals surface area contributed by atoms with Crippen molar-refractivity contribution >= 4 is 45.3 Å². The number of nitrogens with zero attached hydrogens (tertiary/aromatic N) is 2. The molecule has 1 aromatic carbocycles. The average molecular weight is 459 g/mol. The van der Waals surface area contributed by atoms with Gasteiger partial charge in [0, 0.05) is 4.88 Å². The van der Waals surface area contributed by atoms with Crippen LogP contribution in [0.4, 0.5) is 10.7 Å².